The highest BCUT2D eigenvalue weighted by atomic mass is 16.6. The van der Waals surface area contributed by atoms with E-state index in [0.717, 1.165) is 77.0 Å². The van der Waals surface area contributed by atoms with E-state index in [1.54, 1.807) is 0 Å². The highest BCUT2D eigenvalue weighted by Crippen LogP contribution is 2.11. The molecule has 0 aliphatic rings. The van der Waals surface area contributed by atoms with Crippen LogP contribution in [0, 0.1) is 0 Å². The van der Waals surface area contributed by atoms with E-state index in [1.807, 2.05) is 72.9 Å². The number of hydrogen-bond acceptors (Lipinski definition) is 6. The lowest BCUT2D eigenvalue weighted by Gasteiger charge is -2.18. The zero-order chi connectivity index (χ0) is 44.4. The fourth-order valence-electron chi connectivity index (χ4n) is 5.77. The molecule has 0 heterocycles. The summed E-state index contributed by atoms with van der Waals surface area (Å²) >= 11 is 0. The molecule has 6 heteroatoms. The topological polar surface area (TPSA) is 78.9 Å². The van der Waals surface area contributed by atoms with Gasteiger partial charge in [-0.15, -0.1) is 0 Å². The Balaban J connectivity index is 4.61. The van der Waals surface area contributed by atoms with Crippen molar-refractivity contribution in [2.24, 2.45) is 0 Å². The van der Waals surface area contributed by atoms with Crippen LogP contribution >= 0.6 is 0 Å². The number of carbonyl (C=O) groups excluding carboxylic acids is 3. The van der Waals surface area contributed by atoms with E-state index in [0.29, 0.717) is 12.8 Å². The van der Waals surface area contributed by atoms with Crippen molar-refractivity contribution in [1.82, 2.24) is 0 Å². The molecule has 0 aromatic heterocycles. The van der Waals surface area contributed by atoms with Crippen LogP contribution < -0.4 is 0 Å². The van der Waals surface area contributed by atoms with Crippen LogP contribution in [0.4, 0.5) is 0 Å². The maximum absolute atomic E-state index is 12.7. The molecule has 1 atom stereocenters. The molecule has 0 aromatic rings. The van der Waals surface area contributed by atoms with Gasteiger partial charge in [0.25, 0.3) is 0 Å². The summed E-state index contributed by atoms with van der Waals surface area (Å²) in [5.74, 6) is -1.08. The van der Waals surface area contributed by atoms with E-state index in [4.69, 9.17) is 14.2 Å². The third kappa shape index (κ3) is 46.5. The van der Waals surface area contributed by atoms with Gasteiger partial charge < -0.3 is 14.2 Å². The van der Waals surface area contributed by atoms with Crippen molar-refractivity contribution >= 4 is 17.9 Å². The summed E-state index contributed by atoms with van der Waals surface area (Å²) in [4.78, 5) is 37.8. The van der Waals surface area contributed by atoms with Crippen LogP contribution in [0.3, 0.4) is 0 Å². The van der Waals surface area contributed by atoms with Gasteiger partial charge in [-0.2, -0.15) is 0 Å². The molecule has 0 amide bonds. The van der Waals surface area contributed by atoms with Crippen molar-refractivity contribution in [3.05, 3.63) is 134 Å². The molecule has 0 spiro atoms. The summed E-state index contributed by atoms with van der Waals surface area (Å²) in [6, 6.07) is 0. The summed E-state index contributed by atoms with van der Waals surface area (Å²) in [5, 5.41) is 0. The van der Waals surface area contributed by atoms with Crippen LogP contribution in [0.5, 0.6) is 0 Å². The van der Waals surface area contributed by atoms with Crippen LogP contribution in [-0.4, -0.2) is 37.2 Å². The first-order valence-electron chi connectivity index (χ1n) is 23.8. The van der Waals surface area contributed by atoms with Crippen molar-refractivity contribution in [1.29, 1.82) is 0 Å². The van der Waals surface area contributed by atoms with E-state index in [1.165, 1.54) is 44.9 Å². The van der Waals surface area contributed by atoms with Gasteiger partial charge >= 0.3 is 17.9 Å². The monoisotopic (exact) mass is 841 g/mol. The number of ether oxygens (including phenoxy) is 3. The van der Waals surface area contributed by atoms with Crippen LogP contribution in [-0.2, 0) is 28.6 Å². The number of carbonyl (C=O) groups is 3. The van der Waals surface area contributed by atoms with E-state index in [9.17, 15) is 14.4 Å². The van der Waals surface area contributed by atoms with Gasteiger partial charge in [0.15, 0.2) is 6.10 Å². The molecule has 0 N–H and O–H groups in total. The van der Waals surface area contributed by atoms with Crippen LogP contribution in [0.1, 0.15) is 175 Å². The predicted molar refractivity (Wildman–Crippen MR) is 260 cm³/mol. The van der Waals surface area contributed by atoms with Gasteiger partial charge in [-0.1, -0.05) is 199 Å². The van der Waals surface area contributed by atoms with Gasteiger partial charge in [0, 0.05) is 19.3 Å². The van der Waals surface area contributed by atoms with Crippen LogP contribution in [0.15, 0.2) is 134 Å². The van der Waals surface area contributed by atoms with Gasteiger partial charge in [0.05, 0.1) is 0 Å². The average molecular weight is 841 g/mol. The molecule has 1 unspecified atom stereocenters. The quantitative estimate of drug-likeness (QED) is 0.0201. The first-order chi connectivity index (χ1) is 30.0. The van der Waals surface area contributed by atoms with Gasteiger partial charge in [-0.25, -0.2) is 0 Å². The summed E-state index contributed by atoms with van der Waals surface area (Å²) in [5.41, 5.74) is 0. The molecule has 0 fully saturated rings. The molecule has 0 rings (SSSR count). The highest BCUT2D eigenvalue weighted by molar-refractivity contribution is 5.71. The fourth-order valence-corrected chi connectivity index (χ4v) is 5.77. The third-order valence-corrected chi connectivity index (χ3v) is 9.31. The Bertz CT molecular complexity index is 1380. The third-order valence-electron chi connectivity index (χ3n) is 9.31. The normalized spacial score (nSPS) is 13.3. The van der Waals surface area contributed by atoms with Crippen molar-refractivity contribution in [3.63, 3.8) is 0 Å². The number of hydrogen-bond donors (Lipinski definition) is 0. The Morgan fingerprint density at radius 3 is 1.21 bits per heavy atom. The molecular weight excluding hydrogens is 757 g/mol. The Morgan fingerprint density at radius 1 is 0.361 bits per heavy atom. The number of allylic oxidation sites excluding steroid dienone is 22. The molecular formula is C55H84O6. The number of esters is 3. The highest BCUT2D eigenvalue weighted by Gasteiger charge is 2.19. The summed E-state index contributed by atoms with van der Waals surface area (Å²) < 4.78 is 16.6. The Kier molecular flexibility index (Phi) is 44.7. The van der Waals surface area contributed by atoms with E-state index >= 15 is 0 Å². The zero-order valence-corrected chi connectivity index (χ0v) is 38.6. The summed E-state index contributed by atoms with van der Waals surface area (Å²) in [6.07, 6.45) is 67.3. The lowest BCUT2D eigenvalue weighted by Crippen LogP contribution is -2.30. The van der Waals surface area contributed by atoms with Crippen molar-refractivity contribution in [2.75, 3.05) is 13.2 Å². The minimum atomic E-state index is -0.839. The molecule has 6 nitrogen and oxygen atoms in total. The second-order valence-electron chi connectivity index (χ2n) is 15.1. The Labute approximate surface area is 373 Å². The summed E-state index contributed by atoms with van der Waals surface area (Å²) in [6.45, 7) is 6.20. The Hall–Kier alpha value is -4.45. The second kappa shape index (κ2) is 48.2. The molecule has 0 bridgehead atoms. The first kappa shape index (κ1) is 56.5. The van der Waals surface area contributed by atoms with E-state index in [-0.39, 0.29) is 50.4 Å². The van der Waals surface area contributed by atoms with Crippen molar-refractivity contribution in [2.45, 2.75) is 181 Å². The summed E-state index contributed by atoms with van der Waals surface area (Å²) in [7, 11) is 0. The number of unbranched alkanes of at least 4 members (excludes halogenated alkanes) is 13. The smallest absolute Gasteiger partial charge is 0.306 e. The Morgan fingerprint density at radius 2 is 0.721 bits per heavy atom. The van der Waals surface area contributed by atoms with E-state index in [2.05, 4.69) is 81.5 Å². The SMILES string of the molecule is CC\C=C/C=C\C=C/C=C\CCCCCC(=O)OCC(COC(=O)CCC/C=C\C/C=C\C/C=C\CCCCCCCC)OC(=O)CCCCC\C=C/C=C\C=C/C=C\CC. The second-order valence-corrected chi connectivity index (χ2v) is 15.1. The molecule has 340 valence electrons. The average Bonchev–Trinajstić information content (AvgIpc) is 3.26. The largest absolute Gasteiger partial charge is 0.462 e. The molecule has 0 aromatic carbocycles. The number of rotatable bonds is 40. The predicted octanol–water partition coefficient (Wildman–Crippen LogP) is 15.5. The maximum Gasteiger partial charge on any atom is 0.306 e. The van der Waals surface area contributed by atoms with Gasteiger partial charge in [0.2, 0.25) is 0 Å². The van der Waals surface area contributed by atoms with Gasteiger partial charge in [-0.3, -0.25) is 14.4 Å². The lowest BCUT2D eigenvalue weighted by molar-refractivity contribution is -0.167. The van der Waals surface area contributed by atoms with E-state index < -0.39 is 6.10 Å². The zero-order valence-electron chi connectivity index (χ0n) is 38.6. The minimum absolute atomic E-state index is 0.136. The first-order valence-corrected chi connectivity index (χ1v) is 23.8. The molecule has 0 saturated heterocycles. The molecule has 0 saturated carbocycles. The maximum atomic E-state index is 12.7. The van der Waals surface area contributed by atoms with Crippen molar-refractivity contribution < 1.29 is 28.6 Å². The standard InChI is InChI=1S/C55H84O6/c1-4-7-10-13-16-19-22-25-26-27-28-31-33-36-39-42-45-48-54(57)60-51-52(61-55(58)49-46-43-40-37-34-30-24-21-18-15-12-9-6-3)50-59-53(56)47-44-41-38-35-32-29-23-20-17-14-11-8-5-2/h8-9,11-12,14-15,17-18,20-21,23-26,28-32,34,36,39,52H,4-7,10,13,16,19,22,27,33,35,37-38,40-51H2,1-3H3/b11-8-,12-9-,17-14-,18-15-,23-20-,24-21-,26-25-,31-28-,32-29-,34-30-,39-36-. The fraction of sp³-hybridized carbons (Fsp3) is 0.545. The van der Waals surface area contributed by atoms with Crippen molar-refractivity contribution in [3.8, 4) is 0 Å². The van der Waals surface area contributed by atoms with Gasteiger partial charge in [0.1, 0.15) is 13.2 Å². The van der Waals surface area contributed by atoms with Crippen LogP contribution in [0.2, 0.25) is 0 Å². The molecule has 0 aliphatic heterocycles. The molecule has 0 aliphatic carbocycles. The van der Waals surface area contributed by atoms with Gasteiger partial charge in [-0.05, 0) is 89.9 Å². The molecule has 61 heavy (non-hydrogen) atoms. The molecule has 0 radical (unpaired) electrons. The lowest BCUT2D eigenvalue weighted by atomic mass is 10.1. The minimum Gasteiger partial charge on any atom is -0.462 e. The van der Waals surface area contributed by atoms with Crippen LogP contribution in [0.25, 0.3) is 0 Å².